The number of rotatable bonds is 2. The second kappa shape index (κ2) is 3.53. The lowest BCUT2D eigenvalue weighted by molar-refractivity contribution is 0.102. The molecule has 3 heteroatoms. The van der Waals surface area contributed by atoms with Crippen LogP contribution in [-0.2, 0) is 0 Å². The smallest absolute Gasteiger partial charge is 0.221 e. The molecule has 0 aliphatic rings. The molecule has 1 rings (SSSR count). The van der Waals surface area contributed by atoms with Crippen LogP contribution >= 0.6 is 15.9 Å². The summed E-state index contributed by atoms with van der Waals surface area (Å²) in [6, 6.07) is 1.69. The van der Waals surface area contributed by atoms with E-state index in [1.54, 1.807) is 19.1 Å². The Hall–Kier alpha value is -0.830. The zero-order valence-corrected chi connectivity index (χ0v) is 7.59. The van der Waals surface area contributed by atoms with E-state index in [4.69, 9.17) is 4.42 Å². The lowest BCUT2D eigenvalue weighted by atomic mass is 10.3. The van der Waals surface area contributed by atoms with E-state index in [0.717, 1.165) is 0 Å². The van der Waals surface area contributed by atoms with Crippen molar-refractivity contribution in [2.75, 3.05) is 0 Å². The van der Waals surface area contributed by atoms with Gasteiger partial charge >= 0.3 is 0 Å². The van der Waals surface area contributed by atoms with E-state index in [0.29, 0.717) is 10.2 Å². The molecular formula is C8H7BrO2. The summed E-state index contributed by atoms with van der Waals surface area (Å²) >= 11 is 3.19. The third kappa shape index (κ3) is 1.80. The van der Waals surface area contributed by atoms with Gasteiger partial charge in [0.2, 0.25) is 5.78 Å². The molecule has 0 aliphatic carbocycles. The summed E-state index contributed by atoms with van der Waals surface area (Å²) in [5.41, 5.74) is 0. The molecule has 0 spiro atoms. The summed E-state index contributed by atoms with van der Waals surface area (Å²) in [6.45, 7) is 1.79. The van der Waals surface area contributed by atoms with Crippen molar-refractivity contribution in [2.45, 2.75) is 6.92 Å². The quantitative estimate of drug-likeness (QED) is 0.560. The molecule has 0 amide bonds. The summed E-state index contributed by atoms with van der Waals surface area (Å²) in [7, 11) is 0. The van der Waals surface area contributed by atoms with Gasteiger partial charge in [-0.15, -0.1) is 0 Å². The maximum atomic E-state index is 11.1. The zero-order chi connectivity index (χ0) is 8.27. The van der Waals surface area contributed by atoms with Crippen molar-refractivity contribution in [1.82, 2.24) is 0 Å². The number of carbonyl (C=O) groups excluding carboxylic acids is 1. The largest absolute Gasteiger partial charge is 0.460 e. The highest BCUT2D eigenvalue weighted by atomic mass is 79.9. The summed E-state index contributed by atoms with van der Waals surface area (Å²) < 4.78 is 5.63. The minimum atomic E-state index is -0.121. The topological polar surface area (TPSA) is 30.2 Å². The highest BCUT2D eigenvalue weighted by Gasteiger charge is 2.09. The summed E-state index contributed by atoms with van der Waals surface area (Å²) in [5, 5.41) is 0. The average Bonchev–Trinajstić information content (AvgIpc) is 2.36. The van der Waals surface area contributed by atoms with Crippen LogP contribution < -0.4 is 0 Å². The van der Waals surface area contributed by atoms with Crippen LogP contribution in [0.2, 0.25) is 0 Å². The Kier molecular flexibility index (Phi) is 2.65. The second-order valence-electron chi connectivity index (χ2n) is 1.96. The molecule has 1 aromatic rings. The molecule has 1 aromatic heterocycles. The number of furan rings is 1. The van der Waals surface area contributed by atoms with E-state index in [1.165, 1.54) is 12.3 Å². The molecule has 0 aromatic carbocycles. The third-order valence-corrected chi connectivity index (χ3v) is 1.78. The van der Waals surface area contributed by atoms with Crippen LogP contribution in [0.4, 0.5) is 0 Å². The minimum Gasteiger partial charge on any atom is -0.460 e. The van der Waals surface area contributed by atoms with Crippen LogP contribution in [0.1, 0.15) is 17.5 Å². The van der Waals surface area contributed by atoms with Crippen LogP contribution in [0.25, 0.3) is 0 Å². The van der Waals surface area contributed by atoms with Crippen molar-refractivity contribution in [3.05, 3.63) is 34.7 Å². The summed E-state index contributed by atoms with van der Waals surface area (Å²) in [5.74, 6) is 0.229. The van der Waals surface area contributed by atoms with Crippen molar-refractivity contribution in [3.63, 3.8) is 0 Å². The Labute approximate surface area is 73.0 Å². The van der Waals surface area contributed by atoms with E-state index >= 15 is 0 Å². The second-order valence-corrected chi connectivity index (χ2v) is 2.82. The van der Waals surface area contributed by atoms with Gasteiger partial charge in [0.15, 0.2) is 5.76 Å². The fourth-order valence-electron chi connectivity index (χ4n) is 0.697. The molecule has 0 saturated heterocycles. The SMILES string of the molecule is C/C=C/C(=O)c1occc1Br. The number of hydrogen-bond acceptors (Lipinski definition) is 2. The zero-order valence-electron chi connectivity index (χ0n) is 6.00. The standard InChI is InChI=1S/C8H7BrO2/c1-2-3-7(10)8-6(9)4-5-11-8/h2-5H,1H3/b3-2+. The fourth-order valence-corrected chi connectivity index (χ4v) is 1.09. The summed E-state index contributed by atoms with van der Waals surface area (Å²) in [6.07, 6.45) is 4.61. The maximum Gasteiger partial charge on any atom is 0.221 e. The van der Waals surface area contributed by atoms with Gasteiger partial charge in [0.25, 0.3) is 0 Å². The van der Waals surface area contributed by atoms with Gasteiger partial charge < -0.3 is 4.42 Å². The number of hydrogen-bond donors (Lipinski definition) is 0. The van der Waals surface area contributed by atoms with Crippen LogP contribution in [0, 0.1) is 0 Å². The van der Waals surface area contributed by atoms with E-state index in [2.05, 4.69) is 15.9 Å². The molecule has 0 aliphatic heterocycles. The van der Waals surface area contributed by atoms with Gasteiger partial charge in [0.1, 0.15) is 0 Å². The van der Waals surface area contributed by atoms with Gasteiger partial charge in [-0.3, -0.25) is 4.79 Å². The molecule has 11 heavy (non-hydrogen) atoms. The summed E-state index contributed by atoms with van der Waals surface area (Å²) in [4.78, 5) is 11.1. The Morgan fingerprint density at radius 3 is 2.91 bits per heavy atom. The average molecular weight is 215 g/mol. The van der Waals surface area contributed by atoms with E-state index < -0.39 is 0 Å². The van der Waals surface area contributed by atoms with Gasteiger partial charge in [-0.05, 0) is 35.0 Å². The Morgan fingerprint density at radius 2 is 2.45 bits per heavy atom. The van der Waals surface area contributed by atoms with Gasteiger partial charge in [-0.25, -0.2) is 0 Å². The highest BCUT2D eigenvalue weighted by Crippen LogP contribution is 2.18. The van der Waals surface area contributed by atoms with Crippen molar-refractivity contribution < 1.29 is 9.21 Å². The van der Waals surface area contributed by atoms with Crippen molar-refractivity contribution in [2.24, 2.45) is 0 Å². The van der Waals surface area contributed by atoms with Gasteiger partial charge in [-0.2, -0.15) is 0 Å². The molecule has 0 unspecified atom stereocenters. The van der Waals surface area contributed by atoms with Gasteiger partial charge in [-0.1, -0.05) is 6.08 Å². The molecule has 0 N–H and O–H groups in total. The Morgan fingerprint density at radius 1 is 1.73 bits per heavy atom. The molecule has 0 fully saturated rings. The molecule has 0 radical (unpaired) electrons. The maximum absolute atomic E-state index is 11.1. The molecule has 1 heterocycles. The molecule has 0 saturated carbocycles. The van der Waals surface area contributed by atoms with Crippen molar-refractivity contribution in [3.8, 4) is 0 Å². The predicted octanol–water partition coefficient (Wildman–Crippen LogP) is 2.80. The van der Waals surface area contributed by atoms with E-state index in [-0.39, 0.29) is 5.78 Å². The van der Waals surface area contributed by atoms with Crippen LogP contribution in [-0.4, -0.2) is 5.78 Å². The normalized spacial score (nSPS) is 10.7. The highest BCUT2D eigenvalue weighted by molar-refractivity contribution is 9.10. The monoisotopic (exact) mass is 214 g/mol. The first-order valence-corrected chi connectivity index (χ1v) is 3.95. The molecule has 2 nitrogen and oxygen atoms in total. The molecule has 0 bridgehead atoms. The Bertz CT molecular complexity index is 286. The van der Waals surface area contributed by atoms with Gasteiger partial charge in [0, 0.05) is 0 Å². The van der Waals surface area contributed by atoms with Crippen LogP contribution in [0.15, 0.2) is 33.4 Å². The molecule has 0 atom stereocenters. The lowest BCUT2D eigenvalue weighted by Gasteiger charge is -1.87. The van der Waals surface area contributed by atoms with E-state index in [1.807, 2.05) is 0 Å². The van der Waals surface area contributed by atoms with Crippen molar-refractivity contribution >= 4 is 21.7 Å². The Balaban J connectivity index is 2.93. The minimum absolute atomic E-state index is 0.121. The number of allylic oxidation sites excluding steroid dienone is 2. The van der Waals surface area contributed by atoms with Crippen LogP contribution in [0.3, 0.4) is 0 Å². The number of ketones is 1. The first-order valence-electron chi connectivity index (χ1n) is 3.15. The predicted molar refractivity (Wildman–Crippen MR) is 45.6 cm³/mol. The van der Waals surface area contributed by atoms with E-state index in [9.17, 15) is 4.79 Å². The molecular weight excluding hydrogens is 208 g/mol. The van der Waals surface area contributed by atoms with Gasteiger partial charge in [0.05, 0.1) is 10.7 Å². The fraction of sp³-hybridized carbons (Fsp3) is 0.125. The van der Waals surface area contributed by atoms with Crippen molar-refractivity contribution in [1.29, 1.82) is 0 Å². The number of halogens is 1. The first kappa shape index (κ1) is 8.27. The van der Waals surface area contributed by atoms with Crippen LogP contribution in [0.5, 0.6) is 0 Å². The number of carbonyl (C=O) groups is 1. The lowest BCUT2D eigenvalue weighted by Crippen LogP contribution is -1.91. The first-order chi connectivity index (χ1) is 5.25. The molecule has 58 valence electrons. The third-order valence-electron chi connectivity index (χ3n) is 1.16.